The summed E-state index contributed by atoms with van der Waals surface area (Å²) in [6.07, 6.45) is 0.877. The van der Waals surface area contributed by atoms with Crippen molar-refractivity contribution in [3.63, 3.8) is 0 Å². The van der Waals surface area contributed by atoms with E-state index in [9.17, 15) is 14.4 Å². The summed E-state index contributed by atoms with van der Waals surface area (Å²) in [5.74, 6) is -0.100. The number of ketones is 1. The highest BCUT2D eigenvalue weighted by Crippen LogP contribution is 2.18. The Morgan fingerprint density at radius 2 is 1.93 bits per heavy atom. The Kier molecular flexibility index (Phi) is 6.57. The minimum atomic E-state index is -0.554. The first kappa shape index (κ1) is 20.2. The molecule has 6 nitrogen and oxygen atoms in total. The molecular weight excluding hydrogens is 376 g/mol. The van der Waals surface area contributed by atoms with Crippen LogP contribution in [0.4, 0.5) is 4.79 Å². The van der Waals surface area contributed by atoms with E-state index in [-0.39, 0.29) is 24.2 Å². The van der Waals surface area contributed by atoms with Gasteiger partial charge in [0.1, 0.15) is 6.54 Å². The maximum Gasteiger partial charge on any atom is 0.326 e. The summed E-state index contributed by atoms with van der Waals surface area (Å²) in [4.78, 5) is 37.4. The lowest BCUT2D eigenvalue weighted by Gasteiger charge is -2.13. The normalized spacial score (nSPS) is 13.8. The highest BCUT2D eigenvalue weighted by Gasteiger charge is 2.24. The third-order valence-corrected chi connectivity index (χ3v) is 5.76. The van der Waals surface area contributed by atoms with Crippen LogP contribution in [-0.4, -0.2) is 51.9 Å². The summed E-state index contributed by atoms with van der Waals surface area (Å²) in [5.41, 5.74) is 3.70. The van der Waals surface area contributed by atoms with Crippen molar-refractivity contribution in [1.29, 1.82) is 0 Å². The number of Topliss-reactive ketones (excluding diaryl/α,β-unsaturated/α-hetero) is 1. The molecule has 7 heteroatoms. The Balaban J connectivity index is 1.56. The van der Waals surface area contributed by atoms with E-state index < -0.39 is 5.97 Å². The SMILES string of the molecule is Cc1cc(C(=O)COC(=O)CN2CCSC2=O)c(C)n1CCc1ccccc1. The molecule has 2 aromatic rings. The van der Waals surface area contributed by atoms with Gasteiger partial charge in [0.25, 0.3) is 5.24 Å². The summed E-state index contributed by atoms with van der Waals surface area (Å²) in [6, 6.07) is 12.0. The van der Waals surface area contributed by atoms with Gasteiger partial charge in [0, 0.05) is 35.8 Å². The fraction of sp³-hybridized carbons (Fsp3) is 0.381. The van der Waals surface area contributed by atoms with E-state index in [1.54, 1.807) is 0 Å². The summed E-state index contributed by atoms with van der Waals surface area (Å²) in [7, 11) is 0. The van der Waals surface area contributed by atoms with Gasteiger partial charge in [0.2, 0.25) is 5.78 Å². The standard InChI is InChI=1S/C21H24N2O4S/c1-15-12-18(16(2)23(15)9-8-17-6-4-3-5-7-17)19(24)14-27-20(25)13-22-10-11-28-21(22)26/h3-7,12H,8-11,13-14H2,1-2H3. The van der Waals surface area contributed by atoms with Gasteiger partial charge in [-0.2, -0.15) is 0 Å². The molecule has 1 aromatic heterocycles. The van der Waals surface area contributed by atoms with Crippen LogP contribution in [-0.2, 0) is 22.5 Å². The van der Waals surface area contributed by atoms with Crippen LogP contribution in [0.2, 0.25) is 0 Å². The molecule has 1 aliphatic rings. The summed E-state index contributed by atoms with van der Waals surface area (Å²) in [6.45, 7) is 4.79. The number of aromatic nitrogens is 1. The van der Waals surface area contributed by atoms with Crippen molar-refractivity contribution in [2.75, 3.05) is 25.4 Å². The molecule has 1 fully saturated rings. The van der Waals surface area contributed by atoms with Crippen LogP contribution in [0.1, 0.15) is 27.3 Å². The molecule has 0 N–H and O–H groups in total. The molecule has 28 heavy (non-hydrogen) atoms. The van der Waals surface area contributed by atoms with E-state index in [4.69, 9.17) is 4.74 Å². The summed E-state index contributed by atoms with van der Waals surface area (Å²) in [5, 5.41) is -0.120. The molecule has 0 saturated carbocycles. The van der Waals surface area contributed by atoms with Crippen LogP contribution in [0.25, 0.3) is 0 Å². The average molecular weight is 401 g/mol. The highest BCUT2D eigenvalue weighted by atomic mass is 32.2. The molecule has 148 valence electrons. The van der Waals surface area contributed by atoms with Gasteiger partial charge in [-0.15, -0.1) is 0 Å². The predicted molar refractivity (Wildman–Crippen MR) is 109 cm³/mol. The van der Waals surface area contributed by atoms with Gasteiger partial charge >= 0.3 is 5.97 Å². The van der Waals surface area contributed by atoms with Crippen molar-refractivity contribution in [2.45, 2.75) is 26.8 Å². The number of thioether (sulfide) groups is 1. The number of amides is 1. The number of ether oxygens (including phenoxy) is 1. The topological polar surface area (TPSA) is 68.6 Å². The summed E-state index contributed by atoms with van der Waals surface area (Å²) >= 11 is 1.19. The third kappa shape index (κ3) is 4.84. The van der Waals surface area contributed by atoms with Crippen molar-refractivity contribution in [1.82, 2.24) is 9.47 Å². The maximum absolute atomic E-state index is 12.5. The number of benzene rings is 1. The van der Waals surface area contributed by atoms with Gasteiger partial charge in [0.15, 0.2) is 6.61 Å². The third-order valence-electron chi connectivity index (χ3n) is 4.87. The van der Waals surface area contributed by atoms with Crippen LogP contribution >= 0.6 is 11.8 Å². The zero-order valence-corrected chi connectivity index (χ0v) is 17.0. The van der Waals surface area contributed by atoms with Crippen LogP contribution < -0.4 is 0 Å². The molecule has 0 aliphatic carbocycles. The van der Waals surface area contributed by atoms with Crippen LogP contribution in [0.15, 0.2) is 36.4 Å². The molecule has 1 amide bonds. The molecule has 0 radical (unpaired) electrons. The smallest absolute Gasteiger partial charge is 0.326 e. The maximum atomic E-state index is 12.5. The number of rotatable bonds is 8. The second-order valence-corrected chi connectivity index (χ2v) is 7.84. The quantitative estimate of drug-likeness (QED) is 0.503. The molecule has 1 aliphatic heterocycles. The van der Waals surface area contributed by atoms with Crippen molar-refractivity contribution in [3.8, 4) is 0 Å². The Hall–Kier alpha value is -2.54. The number of aryl methyl sites for hydroxylation is 2. The van der Waals surface area contributed by atoms with Crippen molar-refractivity contribution in [3.05, 3.63) is 58.9 Å². The number of nitrogens with zero attached hydrogens (tertiary/aromatic N) is 2. The number of esters is 1. The zero-order valence-electron chi connectivity index (χ0n) is 16.1. The van der Waals surface area contributed by atoms with Crippen molar-refractivity contribution in [2.24, 2.45) is 0 Å². The van der Waals surface area contributed by atoms with Gasteiger partial charge in [-0.25, -0.2) is 0 Å². The lowest BCUT2D eigenvalue weighted by Crippen LogP contribution is -2.31. The summed E-state index contributed by atoms with van der Waals surface area (Å²) < 4.78 is 7.21. The van der Waals surface area contributed by atoms with Crippen molar-refractivity contribution < 1.29 is 19.1 Å². The van der Waals surface area contributed by atoms with Crippen LogP contribution in [0.5, 0.6) is 0 Å². The second-order valence-electron chi connectivity index (χ2n) is 6.79. The van der Waals surface area contributed by atoms with Gasteiger partial charge in [-0.05, 0) is 31.9 Å². The molecular formula is C21H24N2O4S. The molecule has 2 heterocycles. The Bertz CT molecular complexity index is 876. The van der Waals surface area contributed by atoms with Gasteiger partial charge in [0.05, 0.1) is 0 Å². The van der Waals surface area contributed by atoms with Gasteiger partial charge < -0.3 is 14.2 Å². The van der Waals surface area contributed by atoms with Crippen molar-refractivity contribution >= 4 is 28.8 Å². The molecule has 0 spiro atoms. The molecule has 1 saturated heterocycles. The lowest BCUT2D eigenvalue weighted by atomic mass is 10.1. The molecule has 0 atom stereocenters. The molecule has 0 bridgehead atoms. The van der Waals surface area contributed by atoms with Crippen LogP contribution in [0, 0.1) is 13.8 Å². The first-order valence-electron chi connectivity index (χ1n) is 9.27. The van der Waals surface area contributed by atoms with E-state index in [2.05, 4.69) is 16.7 Å². The highest BCUT2D eigenvalue weighted by molar-refractivity contribution is 8.13. The molecule has 3 rings (SSSR count). The zero-order chi connectivity index (χ0) is 20.1. The Morgan fingerprint density at radius 1 is 1.18 bits per heavy atom. The fourth-order valence-electron chi connectivity index (χ4n) is 3.31. The largest absolute Gasteiger partial charge is 0.456 e. The molecule has 1 aromatic carbocycles. The average Bonchev–Trinajstić information content (AvgIpc) is 3.21. The Labute approximate surface area is 168 Å². The number of carbonyl (C=O) groups excluding carboxylic acids is 3. The van der Waals surface area contributed by atoms with E-state index >= 15 is 0 Å². The number of carbonyl (C=O) groups is 3. The number of hydrogen-bond acceptors (Lipinski definition) is 5. The minimum Gasteiger partial charge on any atom is -0.456 e. The Morgan fingerprint density at radius 3 is 2.61 bits per heavy atom. The fourth-order valence-corrected chi connectivity index (χ4v) is 4.13. The minimum absolute atomic E-state index is 0.102. The monoisotopic (exact) mass is 400 g/mol. The van der Waals surface area contributed by atoms with E-state index in [1.165, 1.54) is 22.2 Å². The van der Waals surface area contributed by atoms with Gasteiger partial charge in [-0.1, -0.05) is 42.1 Å². The predicted octanol–water partition coefficient (Wildman–Crippen LogP) is 3.24. The van der Waals surface area contributed by atoms with Gasteiger partial charge in [-0.3, -0.25) is 14.4 Å². The van der Waals surface area contributed by atoms with E-state index in [0.717, 1.165) is 24.4 Å². The molecule has 0 unspecified atom stereocenters. The number of hydrogen-bond donors (Lipinski definition) is 0. The lowest BCUT2D eigenvalue weighted by molar-refractivity contribution is -0.142. The van der Waals surface area contributed by atoms with E-state index in [1.807, 2.05) is 38.1 Å². The first-order valence-corrected chi connectivity index (χ1v) is 10.3. The van der Waals surface area contributed by atoms with E-state index in [0.29, 0.717) is 17.9 Å². The van der Waals surface area contributed by atoms with Crippen LogP contribution in [0.3, 0.4) is 0 Å². The second kappa shape index (κ2) is 9.10. The first-order chi connectivity index (χ1) is 13.5.